The molecule has 1 aromatic carbocycles. The van der Waals surface area contributed by atoms with Crippen LogP contribution < -0.4 is 5.32 Å². The number of fused-ring (bicyclic) bond motifs is 1. The quantitative estimate of drug-likeness (QED) is 0.794. The Morgan fingerprint density at radius 1 is 1.50 bits per heavy atom. The summed E-state index contributed by atoms with van der Waals surface area (Å²) in [6.07, 6.45) is -3.48. The molecule has 2 rings (SSSR count). The van der Waals surface area contributed by atoms with Gasteiger partial charge in [-0.2, -0.15) is 0 Å². The molecule has 1 aliphatic heterocycles. The third-order valence-electron chi connectivity index (χ3n) is 4.11. The zero-order chi connectivity index (χ0) is 28.1. The molecular weight excluding hydrogens is 332 g/mol. The number of aliphatic hydroxyl groups is 1. The highest BCUT2D eigenvalue weighted by atomic mass is 16.3. The fourth-order valence-corrected chi connectivity index (χ4v) is 2.49. The van der Waals surface area contributed by atoms with Gasteiger partial charge in [0.2, 0.25) is 11.8 Å². The van der Waals surface area contributed by atoms with Gasteiger partial charge in [-0.15, -0.1) is 0 Å². The van der Waals surface area contributed by atoms with E-state index in [2.05, 4.69) is 5.32 Å². The average Bonchev–Trinajstić information content (AvgIpc) is 2.83. The van der Waals surface area contributed by atoms with Crippen molar-refractivity contribution in [2.45, 2.75) is 45.7 Å². The first-order valence-electron chi connectivity index (χ1n) is 13.0. The first kappa shape index (κ1) is 10.2. The van der Waals surface area contributed by atoms with Crippen LogP contribution in [0.3, 0.4) is 0 Å². The van der Waals surface area contributed by atoms with E-state index in [1.165, 1.54) is 6.92 Å². The summed E-state index contributed by atoms with van der Waals surface area (Å²) in [5.41, 5.74) is -0.483. The number of hydrogen-bond acceptors (Lipinski definition) is 4. The number of likely N-dealkylation sites (N-methyl/N-ethyl adjacent to an activating group) is 1. The highest BCUT2D eigenvalue weighted by molar-refractivity contribution is 5.92. The first-order valence-corrected chi connectivity index (χ1v) is 8.04. The van der Waals surface area contributed by atoms with Crippen LogP contribution in [0.25, 0.3) is 0 Å². The van der Waals surface area contributed by atoms with Gasteiger partial charge in [-0.25, -0.2) is 0 Å². The summed E-state index contributed by atoms with van der Waals surface area (Å²) in [6.45, 7) is -3.21. The molecule has 2 N–H and O–H groups in total. The third kappa shape index (κ3) is 4.49. The van der Waals surface area contributed by atoms with E-state index in [1.807, 2.05) is 0 Å². The number of nitrogens with one attached hydrogen (secondary N) is 1. The molecule has 26 heavy (non-hydrogen) atoms. The molecule has 142 valence electrons. The molecule has 0 fully saturated rings. The van der Waals surface area contributed by atoms with Crippen molar-refractivity contribution >= 4 is 17.6 Å². The number of aliphatic hydroxyl groups excluding tert-OH is 1. The minimum atomic E-state index is -2.99. The largest absolute Gasteiger partial charge is 0.385 e. The van der Waals surface area contributed by atoms with Crippen LogP contribution in [0.2, 0.25) is 0 Å². The lowest BCUT2D eigenvalue weighted by molar-refractivity contribution is -0.137. The number of rotatable bonds is 6. The van der Waals surface area contributed by atoms with Crippen LogP contribution in [-0.4, -0.2) is 47.3 Å². The molecule has 6 heteroatoms. The second-order valence-electron chi connectivity index (χ2n) is 6.22. The number of carbonyl (C=O) groups excluding carboxylic acids is 3. The highest BCUT2D eigenvalue weighted by Crippen LogP contribution is 2.25. The monoisotopic (exact) mass is 370 g/mol. The molecule has 6 nitrogen and oxygen atoms in total. The summed E-state index contributed by atoms with van der Waals surface area (Å²) in [7, 11) is 1.12. The number of benzene rings is 1. The average molecular weight is 371 g/mol. The van der Waals surface area contributed by atoms with Crippen molar-refractivity contribution in [3.63, 3.8) is 0 Å². The molecule has 0 radical (unpaired) electrons. The smallest absolute Gasteiger partial charge is 0.249 e. The molecule has 0 bridgehead atoms. The number of hydrogen-bond donors (Lipinski definition) is 2. The van der Waals surface area contributed by atoms with Gasteiger partial charge in [-0.1, -0.05) is 44.9 Å². The van der Waals surface area contributed by atoms with E-state index in [1.54, 1.807) is 0 Å². The minimum Gasteiger partial charge on any atom is -0.385 e. The standard InChI is InChI=1S/C20H28N2O4/c1-12(2)18(24)16(23)11-13(3)19(25)21-17-15-8-6-5-7-14(15)9-10-22(4)20(17)26/h5-8,12-13,17-18,24H,9-11H2,1-4H3,(H,21,25)/t13-,17+,18+/m1/s1/i1D3,5D,6D,7D,8D,10D2,12D/t12?,13-,17+,18+. The molecule has 0 saturated heterocycles. The molecule has 0 aliphatic carbocycles. The summed E-state index contributed by atoms with van der Waals surface area (Å²) in [5, 5.41) is 12.5. The van der Waals surface area contributed by atoms with Crippen LogP contribution in [0.4, 0.5) is 0 Å². The highest BCUT2D eigenvalue weighted by Gasteiger charge is 2.32. The van der Waals surface area contributed by atoms with Crippen molar-refractivity contribution in [3.8, 4) is 0 Å². The lowest BCUT2D eigenvalue weighted by atomic mass is 9.94. The van der Waals surface area contributed by atoms with Crippen molar-refractivity contribution < 1.29 is 33.2 Å². The molecule has 1 aromatic rings. The maximum absolute atomic E-state index is 13.1. The number of ketones is 1. The molecular formula is C20H28N2O4. The van der Waals surface area contributed by atoms with Crippen LogP contribution in [0.15, 0.2) is 24.2 Å². The normalized spacial score (nSPS) is 29.8. The van der Waals surface area contributed by atoms with Crippen LogP contribution in [0.1, 0.15) is 58.0 Å². The van der Waals surface area contributed by atoms with Crippen LogP contribution in [0, 0.1) is 11.8 Å². The number of amides is 2. The van der Waals surface area contributed by atoms with Crippen molar-refractivity contribution in [1.29, 1.82) is 0 Å². The fourth-order valence-electron chi connectivity index (χ4n) is 2.49. The van der Waals surface area contributed by atoms with Crippen LogP contribution in [0.5, 0.6) is 0 Å². The second kappa shape index (κ2) is 8.45. The first-order chi connectivity index (χ1) is 16.2. The Morgan fingerprint density at radius 3 is 2.88 bits per heavy atom. The summed E-state index contributed by atoms with van der Waals surface area (Å²) < 4.78 is 78.6. The number of carbonyl (C=O) groups is 3. The van der Waals surface area contributed by atoms with Gasteiger partial charge >= 0.3 is 0 Å². The van der Waals surface area contributed by atoms with E-state index in [0.717, 1.165) is 14.0 Å². The Labute approximate surface area is 168 Å². The maximum atomic E-state index is 13.1. The van der Waals surface area contributed by atoms with E-state index in [9.17, 15) is 19.5 Å². The van der Waals surface area contributed by atoms with Gasteiger partial charge in [0.05, 0.1) is 5.48 Å². The Kier molecular flexibility index (Phi) is 3.32. The Bertz CT molecular complexity index is 1090. The van der Waals surface area contributed by atoms with Crippen molar-refractivity contribution in [2.75, 3.05) is 13.5 Å². The van der Waals surface area contributed by atoms with E-state index in [0.29, 0.717) is 4.90 Å². The van der Waals surface area contributed by atoms with E-state index in [4.69, 9.17) is 13.7 Å². The summed E-state index contributed by atoms with van der Waals surface area (Å²) in [4.78, 5) is 39.2. The number of nitrogens with zero attached hydrogens (tertiary/aromatic N) is 1. The Hall–Kier alpha value is -2.21. The predicted octanol–water partition coefficient (Wildman–Crippen LogP) is 1.47. The summed E-state index contributed by atoms with van der Waals surface area (Å²) in [6, 6.07) is -4.19. The van der Waals surface area contributed by atoms with Gasteiger partial charge in [0.1, 0.15) is 12.1 Å². The molecule has 0 saturated carbocycles. The van der Waals surface area contributed by atoms with Crippen molar-refractivity contribution in [1.82, 2.24) is 10.2 Å². The Morgan fingerprint density at radius 2 is 2.19 bits per heavy atom. The van der Waals surface area contributed by atoms with Gasteiger partial charge < -0.3 is 15.3 Å². The molecule has 1 unspecified atom stereocenters. The fraction of sp³-hybridized carbons (Fsp3) is 0.550. The topological polar surface area (TPSA) is 86.7 Å². The van der Waals surface area contributed by atoms with E-state index >= 15 is 0 Å². The maximum Gasteiger partial charge on any atom is 0.249 e. The zero-order valence-corrected chi connectivity index (χ0v) is 14.8. The molecule has 0 aromatic heterocycles. The Balaban J connectivity index is 2.42. The summed E-state index contributed by atoms with van der Waals surface area (Å²) in [5.74, 6) is -6.79. The van der Waals surface area contributed by atoms with Gasteiger partial charge in [-0.05, 0) is 23.4 Å². The number of Topliss-reactive ketones (excluding diaryl/α,β-unsaturated/α-hetero) is 1. The van der Waals surface area contributed by atoms with Gasteiger partial charge in [-0.3, -0.25) is 14.4 Å². The molecule has 2 amide bonds. The molecule has 1 aliphatic rings. The van der Waals surface area contributed by atoms with Crippen LogP contribution >= 0.6 is 0 Å². The minimum absolute atomic E-state index is 0.184. The van der Waals surface area contributed by atoms with Gasteiger partial charge in [0.15, 0.2) is 5.78 Å². The molecule has 4 atom stereocenters. The van der Waals surface area contributed by atoms with E-state index in [-0.39, 0.29) is 11.1 Å². The van der Waals surface area contributed by atoms with Gasteiger partial charge in [0, 0.05) is 34.1 Å². The predicted molar refractivity (Wildman–Crippen MR) is 98.3 cm³/mol. The van der Waals surface area contributed by atoms with Crippen molar-refractivity contribution in [2.24, 2.45) is 11.8 Å². The second-order valence-corrected chi connectivity index (χ2v) is 6.22. The lowest BCUT2D eigenvalue weighted by Crippen LogP contribution is -2.43. The summed E-state index contributed by atoms with van der Waals surface area (Å²) >= 11 is 0. The zero-order valence-electron chi connectivity index (χ0n) is 24.8. The SMILES string of the molecule is [2H]c1c([2H])c([2H])c2c(c1[2H])CC([2H])([2H])N(C)C(=O)[C@H]2NC(=O)[C@H](C)CC(=O)[C@@H](O)C([2H])(C)C([2H])([2H])[2H]. The van der Waals surface area contributed by atoms with Crippen molar-refractivity contribution in [3.05, 3.63) is 35.3 Å². The lowest BCUT2D eigenvalue weighted by Gasteiger charge is -2.24. The third-order valence-corrected chi connectivity index (χ3v) is 4.11. The van der Waals surface area contributed by atoms with Gasteiger partial charge in [0.25, 0.3) is 0 Å². The molecule has 0 spiro atoms. The van der Waals surface area contributed by atoms with Crippen LogP contribution in [-0.2, 0) is 20.8 Å². The molecule has 1 heterocycles. The van der Waals surface area contributed by atoms with E-state index < -0.39 is 91.9 Å².